The van der Waals surface area contributed by atoms with E-state index in [4.69, 9.17) is 0 Å². The van der Waals surface area contributed by atoms with E-state index in [9.17, 15) is 4.79 Å². The van der Waals surface area contributed by atoms with Gasteiger partial charge in [0.1, 0.15) is 0 Å². The van der Waals surface area contributed by atoms with Gasteiger partial charge in [-0.2, -0.15) is 0 Å². The summed E-state index contributed by atoms with van der Waals surface area (Å²) in [6.07, 6.45) is 1.03. The molecule has 0 aliphatic carbocycles. The van der Waals surface area contributed by atoms with Gasteiger partial charge in [0.2, 0.25) is 0 Å². The van der Waals surface area contributed by atoms with E-state index < -0.39 is 0 Å². The molecule has 0 fully saturated rings. The molecule has 0 saturated heterocycles. The number of nitrogens with one attached hydrogen (secondary N) is 1. The SMILES string of the molecule is CN(C)c1ccc([C@H](CNC(=O)c2ccc(Br)cc2)N2CCc3ccccc32)cc1. The Morgan fingerprint density at radius 1 is 1.03 bits per heavy atom. The van der Waals surface area contributed by atoms with E-state index in [-0.39, 0.29) is 11.9 Å². The maximum absolute atomic E-state index is 12.7. The summed E-state index contributed by atoms with van der Waals surface area (Å²) in [7, 11) is 4.09. The number of benzene rings is 3. The molecule has 4 nitrogen and oxygen atoms in total. The summed E-state index contributed by atoms with van der Waals surface area (Å²) in [6.45, 7) is 1.50. The molecule has 4 rings (SSSR count). The third kappa shape index (κ3) is 4.36. The highest BCUT2D eigenvalue weighted by Crippen LogP contribution is 2.35. The van der Waals surface area contributed by atoms with Crippen LogP contribution in [0.5, 0.6) is 0 Å². The van der Waals surface area contributed by atoms with Crippen LogP contribution in [0.2, 0.25) is 0 Å². The number of hydrogen-bond donors (Lipinski definition) is 1. The van der Waals surface area contributed by atoms with Gasteiger partial charge in [-0.05, 0) is 60.0 Å². The van der Waals surface area contributed by atoms with Crippen LogP contribution in [0.3, 0.4) is 0 Å². The first-order chi connectivity index (χ1) is 14.5. The highest BCUT2D eigenvalue weighted by atomic mass is 79.9. The van der Waals surface area contributed by atoms with Gasteiger partial charge in [-0.15, -0.1) is 0 Å². The quantitative estimate of drug-likeness (QED) is 0.555. The highest BCUT2D eigenvalue weighted by Gasteiger charge is 2.27. The fourth-order valence-electron chi connectivity index (χ4n) is 3.98. The fourth-order valence-corrected chi connectivity index (χ4v) is 4.25. The van der Waals surface area contributed by atoms with Crippen molar-refractivity contribution in [3.05, 3.63) is 94.0 Å². The van der Waals surface area contributed by atoms with Crippen molar-refractivity contribution in [2.75, 3.05) is 37.0 Å². The minimum Gasteiger partial charge on any atom is -0.378 e. The first-order valence-electron chi connectivity index (χ1n) is 10.2. The molecule has 30 heavy (non-hydrogen) atoms. The summed E-state index contributed by atoms with van der Waals surface area (Å²) in [4.78, 5) is 17.3. The predicted molar refractivity (Wildman–Crippen MR) is 127 cm³/mol. The molecule has 0 bridgehead atoms. The standard InChI is InChI=1S/C25H26BrN3O/c1-28(2)22-13-9-19(10-14-22)24(29-16-15-18-5-3-4-6-23(18)29)17-27-25(30)20-7-11-21(26)12-8-20/h3-14,24H,15-17H2,1-2H3,(H,27,30)/t24-/m0/s1. The summed E-state index contributed by atoms with van der Waals surface area (Å²) in [6, 6.07) is 24.7. The van der Waals surface area contributed by atoms with Crippen LogP contribution in [0, 0.1) is 0 Å². The van der Waals surface area contributed by atoms with Gasteiger partial charge in [-0.1, -0.05) is 46.3 Å². The topological polar surface area (TPSA) is 35.6 Å². The van der Waals surface area contributed by atoms with Gasteiger partial charge in [0.05, 0.1) is 6.04 Å². The van der Waals surface area contributed by atoms with Gasteiger partial charge in [0, 0.05) is 48.6 Å². The molecule has 0 spiro atoms. The fraction of sp³-hybridized carbons (Fsp3) is 0.240. The summed E-state index contributed by atoms with van der Waals surface area (Å²) in [5, 5.41) is 3.16. The molecule has 1 N–H and O–H groups in total. The molecule has 154 valence electrons. The minimum absolute atomic E-state index is 0.0510. The molecule has 1 atom stereocenters. The zero-order valence-electron chi connectivity index (χ0n) is 17.3. The Hall–Kier alpha value is -2.79. The average Bonchev–Trinajstić information content (AvgIpc) is 3.19. The Kier molecular flexibility index (Phi) is 6.09. The minimum atomic E-state index is -0.0510. The number of nitrogens with zero attached hydrogens (tertiary/aromatic N) is 2. The van der Waals surface area contributed by atoms with Crippen molar-refractivity contribution in [2.45, 2.75) is 12.5 Å². The van der Waals surface area contributed by atoms with E-state index in [1.807, 2.05) is 38.4 Å². The number of carbonyl (C=O) groups excluding carboxylic acids is 1. The Morgan fingerprint density at radius 2 is 1.73 bits per heavy atom. The van der Waals surface area contributed by atoms with Crippen molar-refractivity contribution in [2.24, 2.45) is 0 Å². The van der Waals surface area contributed by atoms with E-state index in [2.05, 4.69) is 79.6 Å². The normalized spacial score (nSPS) is 13.6. The lowest BCUT2D eigenvalue weighted by Crippen LogP contribution is -2.37. The number of halogens is 1. The molecule has 0 unspecified atom stereocenters. The number of fused-ring (bicyclic) bond motifs is 1. The molecule has 0 saturated carbocycles. The molecule has 3 aromatic carbocycles. The largest absolute Gasteiger partial charge is 0.378 e. The van der Waals surface area contributed by atoms with Crippen LogP contribution in [0.1, 0.15) is 27.5 Å². The van der Waals surface area contributed by atoms with Gasteiger partial charge in [-0.3, -0.25) is 4.79 Å². The van der Waals surface area contributed by atoms with Crippen LogP contribution in [-0.4, -0.2) is 33.1 Å². The third-order valence-corrected chi connectivity index (χ3v) is 6.18. The molecule has 1 aliphatic heterocycles. The predicted octanol–water partition coefficient (Wildman–Crippen LogP) is 5.05. The Morgan fingerprint density at radius 3 is 2.43 bits per heavy atom. The zero-order chi connectivity index (χ0) is 21.1. The first kappa shape index (κ1) is 20.5. The third-order valence-electron chi connectivity index (χ3n) is 5.66. The van der Waals surface area contributed by atoms with Crippen molar-refractivity contribution in [1.29, 1.82) is 0 Å². The van der Waals surface area contributed by atoms with Crippen LogP contribution in [-0.2, 0) is 6.42 Å². The Balaban J connectivity index is 1.59. The monoisotopic (exact) mass is 463 g/mol. The molecule has 1 amide bonds. The second kappa shape index (κ2) is 8.92. The van der Waals surface area contributed by atoms with E-state index in [0.717, 1.165) is 17.4 Å². The van der Waals surface area contributed by atoms with Gasteiger partial charge >= 0.3 is 0 Å². The molecule has 0 radical (unpaired) electrons. The average molecular weight is 464 g/mol. The van der Waals surface area contributed by atoms with Crippen LogP contribution in [0.25, 0.3) is 0 Å². The van der Waals surface area contributed by atoms with Gasteiger partial charge in [-0.25, -0.2) is 0 Å². The molecular weight excluding hydrogens is 438 g/mol. The molecule has 0 aromatic heterocycles. The van der Waals surface area contributed by atoms with Gasteiger partial charge in [0.25, 0.3) is 5.91 Å². The van der Waals surface area contributed by atoms with E-state index >= 15 is 0 Å². The number of para-hydroxylation sites is 1. The summed E-state index contributed by atoms with van der Waals surface area (Å²) >= 11 is 3.42. The molecule has 5 heteroatoms. The number of rotatable bonds is 6. The Bertz CT molecular complexity index is 1020. The number of amides is 1. The summed E-state index contributed by atoms with van der Waals surface area (Å²) < 4.78 is 0.964. The molecular formula is C25H26BrN3O. The van der Waals surface area contributed by atoms with Crippen molar-refractivity contribution < 1.29 is 4.79 Å². The highest BCUT2D eigenvalue weighted by molar-refractivity contribution is 9.10. The van der Waals surface area contributed by atoms with Crippen molar-refractivity contribution >= 4 is 33.2 Å². The summed E-state index contributed by atoms with van der Waals surface area (Å²) in [5.41, 5.74) is 5.66. The van der Waals surface area contributed by atoms with Crippen LogP contribution >= 0.6 is 15.9 Å². The van der Waals surface area contributed by atoms with Crippen LogP contribution in [0.15, 0.2) is 77.3 Å². The number of carbonyl (C=O) groups is 1. The van der Waals surface area contributed by atoms with Crippen molar-refractivity contribution in [3.63, 3.8) is 0 Å². The lowest BCUT2D eigenvalue weighted by Gasteiger charge is -2.31. The van der Waals surface area contributed by atoms with Crippen LogP contribution < -0.4 is 15.1 Å². The first-order valence-corrected chi connectivity index (χ1v) is 11.0. The van der Waals surface area contributed by atoms with Gasteiger partial charge in [0.15, 0.2) is 0 Å². The lowest BCUT2D eigenvalue weighted by molar-refractivity contribution is 0.0951. The number of hydrogen-bond acceptors (Lipinski definition) is 3. The maximum atomic E-state index is 12.7. The van der Waals surface area contributed by atoms with E-state index in [1.165, 1.54) is 22.5 Å². The van der Waals surface area contributed by atoms with Crippen molar-refractivity contribution in [1.82, 2.24) is 5.32 Å². The molecule has 1 aliphatic rings. The van der Waals surface area contributed by atoms with E-state index in [1.54, 1.807) is 0 Å². The smallest absolute Gasteiger partial charge is 0.251 e. The van der Waals surface area contributed by atoms with E-state index in [0.29, 0.717) is 12.1 Å². The number of anilines is 2. The zero-order valence-corrected chi connectivity index (χ0v) is 18.9. The molecule has 3 aromatic rings. The molecule has 1 heterocycles. The van der Waals surface area contributed by atoms with Crippen molar-refractivity contribution in [3.8, 4) is 0 Å². The Labute approximate surface area is 186 Å². The maximum Gasteiger partial charge on any atom is 0.251 e. The second-order valence-electron chi connectivity index (χ2n) is 7.79. The van der Waals surface area contributed by atoms with Gasteiger partial charge < -0.3 is 15.1 Å². The second-order valence-corrected chi connectivity index (χ2v) is 8.71. The summed E-state index contributed by atoms with van der Waals surface area (Å²) in [5.74, 6) is -0.0510. The lowest BCUT2D eigenvalue weighted by atomic mass is 10.0. The van der Waals surface area contributed by atoms with Crippen LogP contribution in [0.4, 0.5) is 11.4 Å².